The average molecular weight is 476 g/mol. The molecule has 0 amide bonds. The van der Waals surface area contributed by atoms with Gasteiger partial charge in [-0.1, -0.05) is 59.9 Å². The van der Waals surface area contributed by atoms with Crippen molar-refractivity contribution in [3.8, 4) is 0 Å². The van der Waals surface area contributed by atoms with Gasteiger partial charge in [-0.3, -0.25) is 4.57 Å². The highest BCUT2D eigenvalue weighted by atomic mass is 79.9. The lowest BCUT2D eigenvalue weighted by atomic mass is 10.0. The van der Waals surface area contributed by atoms with Gasteiger partial charge in [0.15, 0.2) is 5.58 Å². The third-order valence-corrected chi connectivity index (χ3v) is 5.55. The summed E-state index contributed by atoms with van der Waals surface area (Å²) in [5.41, 5.74) is 3.52. The number of benzene rings is 2. The molecule has 1 heterocycles. The molecule has 0 fully saturated rings. The van der Waals surface area contributed by atoms with Crippen LogP contribution in [0.15, 0.2) is 54.6 Å². The first-order valence-electron chi connectivity index (χ1n) is 6.16. The van der Waals surface area contributed by atoms with Crippen molar-refractivity contribution >= 4 is 58.9 Å². The molecule has 1 unspecified atom stereocenters. The quantitative estimate of drug-likeness (QED) is 0.481. The maximum atomic E-state index is 11.6. The number of hydrogen-bond donors (Lipinski definition) is 0. The van der Waals surface area contributed by atoms with Crippen molar-refractivity contribution in [2.24, 2.45) is 7.05 Å². The van der Waals surface area contributed by atoms with Gasteiger partial charge < -0.3 is 4.42 Å². The van der Waals surface area contributed by atoms with Crippen molar-refractivity contribution in [1.82, 2.24) is 4.57 Å². The molecule has 3 aromatic rings. The fourth-order valence-electron chi connectivity index (χ4n) is 2.19. The molecule has 0 N–H and O–H groups in total. The Bertz CT molecular complexity index is 882. The maximum absolute atomic E-state index is 11.6. The van der Waals surface area contributed by atoms with Crippen molar-refractivity contribution in [2.45, 2.75) is 4.83 Å². The summed E-state index contributed by atoms with van der Waals surface area (Å²) in [6.45, 7) is 0. The van der Waals surface area contributed by atoms with E-state index in [1.165, 1.54) is 4.57 Å². The highest BCUT2D eigenvalue weighted by Gasteiger charge is 2.16. The summed E-state index contributed by atoms with van der Waals surface area (Å²) in [6, 6.07) is 11.8. The Morgan fingerprint density at radius 2 is 1.90 bits per heavy atom. The first-order valence-corrected chi connectivity index (χ1v) is 8.66. The van der Waals surface area contributed by atoms with E-state index >= 15 is 0 Å². The van der Waals surface area contributed by atoms with Gasteiger partial charge >= 0.3 is 5.76 Å². The minimum absolute atomic E-state index is 0.00915. The molecule has 1 atom stereocenters. The Kier molecular flexibility index (Phi) is 4.12. The first kappa shape index (κ1) is 15.1. The van der Waals surface area contributed by atoms with Crippen molar-refractivity contribution in [2.75, 3.05) is 0 Å². The van der Waals surface area contributed by atoms with Crippen LogP contribution in [0, 0.1) is 0 Å². The molecule has 21 heavy (non-hydrogen) atoms. The molecule has 0 spiro atoms. The fraction of sp³-hybridized carbons (Fsp3) is 0.133. The van der Waals surface area contributed by atoms with Crippen LogP contribution in [0.4, 0.5) is 0 Å². The normalized spacial score (nSPS) is 12.8. The molecule has 108 valence electrons. The molecule has 1 aromatic heterocycles. The third-order valence-electron chi connectivity index (χ3n) is 3.34. The van der Waals surface area contributed by atoms with Crippen LogP contribution in [0.5, 0.6) is 0 Å². The zero-order valence-corrected chi connectivity index (χ0v) is 15.7. The van der Waals surface area contributed by atoms with Crippen molar-refractivity contribution in [3.63, 3.8) is 0 Å². The van der Waals surface area contributed by atoms with Gasteiger partial charge in [0.2, 0.25) is 0 Å². The number of aromatic nitrogens is 1. The molecule has 0 aliphatic heterocycles. The fourth-order valence-corrected chi connectivity index (χ4v) is 4.46. The topological polar surface area (TPSA) is 35.1 Å². The molecule has 2 aromatic carbocycles. The van der Waals surface area contributed by atoms with Gasteiger partial charge in [-0.25, -0.2) is 4.79 Å². The summed E-state index contributed by atoms with van der Waals surface area (Å²) in [5, 5.41) is 0. The van der Waals surface area contributed by atoms with Gasteiger partial charge in [-0.05, 0) is 35.4 Å². The predicted molar refractivity (Wildman–Crippen MR) is 94.1 cm³/mol. The van der Waals surface area contributed by atoms with E-state index in [4.69, 9.17) is 4.42 Å². The van der Waals surface area contributed by atoms with Crippen LogP contribution in [-0.4, -0.2) is 4.57 Å². The van der Waals surface area contributed by atoms with Crippen LogP contribution in [0.2, 0.25) is 0 Å². The van der Waals surface area contributed by atoms with Crippen LogP contribution >= 0.6 is 47.8 Å². The van der Waals surface area contributed by atoms with E-state index in [1.54, 1.807) is 7.05 Å². The second-order valence-electron chi connectivity index (χ2n) is 4.68. The summed E-state index contributed by atoms with van der Waals surface area (Å²) in [6.07, 6.45) is 0. The molecule has 0 aliphatic carbocycles. The second-order valence-corrected chi connectivity index (χ2v) is 7.37. The number of fused-ring (bicyclic) bond motifs is 1. The first-order chi connectivity index (χ1) is 9.97. The van der Waals surface area contributed by atoms with Crippen molar-refractivity contribution < 1.29 is 4.42 Å². The van der Waals surface area contributed by atoms with Gasteiger partial charge in [0.1, 0.15) is 0 Å². The number of oxazole rings is 1. The van der Waals surface area contributed by atoms with Crippen LogP contribution in [0.1, 0.15) is 16.0 Å². The standard InChI is InChI=1S/C15H10Br3NO2/c1-19-12-5-2-8(6-13(12)21-15(19)20)14(18)10-4-3-9(16)7-11(10)17/h2-7,14H,1H3. The van der Waals surface area contributed by atoms with E-state index in [2.05, 4.69) is 47.8 Å². The van der Waals surface area contributed by atoms with E-state index < -0.39 is 0 Å². The lowest BCUT2D eigenvalue weighted by Crippen LogP contribution is -2.08. The van der Waals surface area contributed by atoms with E-state index in [0.29, 0.717) is 5.58 Å². The number of nitrogens with zero attached hydrogens (tertiary/aromatic N) is 1. The summed E-state index contributed by atoms with van der Waals surface area (Å²) in [4.78, 5) is 11.6. The van der Waals surface area contributed by atoms with Crippen LogP contribution in [0.3, 0.4) is 0 Å². The lowest BCUT2D eigenvalue weighted by molar-refractivity contribution is 0.528. The molecule has 3 nitrogen and oxygen atoms in total. The summed E-state index contributed by atoms with van der Waals surface area (Å²) in [7, 11) is 1.70. The number of halogens is 3. The Hall–Kier alpha value is -0.850. The molecule has 3 rings (SSSR count). The minimum atomic E-state index is -0.349. The maximum Gasteiger partial charge on any atom is 0.419 e. The highest BCUT2D eigenvalue weighted by molar-refractivity contribution is 9.11. The molecular formula is C15H10Br3NO2. The molecule has 0 bridgehead atoms. The summed E-state index contributed by atoms with van der Waals surface area (Å²) >= 11 is 10.7. The predicted octanol–water partition coefficient (Wildman–Crippen LogP) is 5.14. The molecule has 0 radical (unpaired) electrons. The zero-order chi connectivity index (χ0) is 15.1. The minimum Gasteiger partial charge on any atom is -0.408 e. The van der Waals surface area contributed by atoms with Gasteiger partial charge in [0.25, 0.3) is 0 Å². The molecule has 6 heteroatoms. The smallest absolute Gasteiger partial charge is 0.408 e. The van der Waals surface area contributed by atoms with Gasteiger partial charge in [0.05, 0.1) is 10.3 Å². The van der Waals surface area contributed by atoms with Crippen LogP contribution < -0.4 is 5.76 Å². The Labute approximate surface area is 146 Å². The second kappa shape index (κ2) is 5.74. The molecule has 0 aliphatic rings. The van der Waals surface area contributed by atoms with E-state index in [1.807, 2.05) is 36.4 Å². The van der Waals surface area contributed by atoms with Gasteiger partial charge in [-0.2, -0.15) is 0 Å². The van der Waals surface area contributed by atoms with Gasteiger partial charge in [-0.15, -0.1) is 0 Å². The summed E-state index contributed by atoms with van der Waals surface area (Å²) < 4.78 is 8.76. The number of rotatable bonds is 2. The number of aryl methyl sites for hydroxylation is 1. The van der Waals surface area contributed by atoms with Crippen molar-refractivity contribution in [1.29, 1.82) is 0 Å². The average Bonchev–Trinajstić information content (AvgIpc) is 2.73. The third kappa shape index (κ3) is 2.76. The van der Waals surface area contributed by atoms with E-state index in [0.717, 1.165) is 25.6 Å². The Balaban J connectivity index is 2.09. The lowest BCUT2D eigenvalue weighted by Gasteiger charge is -2.13. The Morgan fingerprint density at radius 1 is 1.14 bits per heavy atom. The highest BCUT2D eigenvalue weighted by Crippen LogP contribution is 2.37. The van der Waals surface area contributed by atoms with E-state index in [9.17, 15) is 4.79 Å². The Morgan fingerprint density at radius 3 is 2.62 bits per heavy atom. The van der Waals surface area contributed by atoms with Gasteiger partial charge in [0, 0.05) is 16.0 Å². The molecule has 0 saturated carbocycles. The number of alkyl halides is 1. The van der Waals surface area contributed by atoms with Crippen LogP contribution in [-0.2, 0) is 7.05 Å². The summed E-state index contributed by atoms with van der Waals surface area (Å²) in [5.74, 6) is -0.349. The largest absolute Gasteiger partial charge is 0.419 e. The monoisotopic (exact) mass is 473 g/mol. The molecule has 0 saturated heterocycles. The van der Waals surface area contributed by atoms with Crippen LogP contribution in [0.25, 0.3) is 11.1 Å². The zero-order valence-electron chi connectivity index (χ0n) is 10.9. The SMILES string of the molecule is Cn1c(=O)oc2cc(C(Br)c3ccc(Br)cc3Br)ccc21. The van der Waals surface area contributed by atoms with E-state index in [-0.39, 0.29) is 10.6 Å². The van der Waals surface area contributed by atoms with Crippen molar-refractivity contribution in [3.05, 3.63) is 67.0 Å². The molecular weight excluding hydrogens is 466 g/mol. The number of hydrogen-bond acceptors (Lipinski definition) is 2.